The Balaban J connectivity index is 1.73. The Morgan fingerprint density at radius 2 is 2.13 bits per heavy atom. The molecule has 8 nitrogen and oxygen atoms in total. The highest BCUT2D eigenvalue weighted by Crippen LogP contribution is 2.45. The highest BCUT2D eigenvalue weighted by molar-refractivity contribution is 7.18. The van der Waals surface area contributed by atoms with Gasteiger partial charge in [-0.2, -0.15) is 10.2 Å². The Labute approximate surface area is 218 Å². The third-order valence-corrected chi connectivity index (χ3v) is 6.61. The number of aryl methyl sites for hydroxylation is 1. The predicted octanol–water partition coefficient (Wildman–Crippen LogP) is 5.34. The zero-order valence-corrected chi connectivity index (χ0v) is 20.9. The number of hydrogen-bond donors (Lipinski definition) is 2. The summed E-state index contributed by atoms with van der Waals surface area (Å²) in [5, 5.41) is 16.9. The molecular formula is C26H21F3N6O2S. The molecule has 0 unspecified atom stereocenters. The molecule has 0 aliphatic rings. The van der Waals surface area contributed by atoms with Crippen molar-refractivity contribution in [1.82, 2.24) is 30.3 Å². The molecule has 38 heavy (non-hydrogen) atoms. The van der Waals surface area contributed by atoms with Crippen molar-refractivity contribution in [3.05, 3.63) is 72.3 Å². The Kier molecular flexibility index (Phi) is 6.97. The average molecular weight is 539 g/mol. The van der Waals surface area contributed by atoms with E-state index in [4.69, 9.17) is 9.72 Å². The Morgan fingerprint density at radius 1 is 1.29 bits per heavy atom. The normalized spacial score (nSPS) is 11.3. The molecule has 0 saturated carbocycles. The third kappa shape index (κ3) is 5.02. The van der Waals surface area contributed by atoms with E-state index in [0.29, 0.717) is 33.9 Å². The van der Waals surface area contributed by atoms with Gasteiger partial charge in [0.25, 0.3) is 6.43 Å². The van der Waals surface area contributed by atoms with Crippen molar-refractivity contribution in [3.8, 4) is 39.5 Å². The van der Waals surface area contributed by atoms with Crippen LogP contribution in [0, 0.1) is 5.82 Å². The van der Waals surface area contributed by atoms with Crippen LogP contribution < -0.4 is 10.1 Å². The molecule has 4 aromatic heterocycles. The zero-order chi connectivity index (χ0) is 26.8. The number of rotatable bonds is 9. The molecule has 0 aliphatic carbocycles. The van der Waals surface area contributed by atoms with Crippen molar-refractivity contribution in [2.75, 3.05) is 6.61 Å². The molecule has 5 rings (SSSR count). The van der Waals surface area contributed by atoms with E-state index in [1.807, 2.05) is 17.6 Å². The second-order valence-electron chi connectivity index (χ2n) is 8.29. The quantitative estimate of drug-likeness (QED) is 0.247. The number of fused-ring (bicyclic) bond motifs is 1. The fourth-order valence-corrected chi connectivity index (χ4v) is 4.98. The first kappa shape index (κ1) is 25.2. The van der Waals surface area contributed by atoms with E-state index in [1.54, 1.807) is 24.0 Å². The summed E-state index contributed by atoms with van der Waals surface area (Å²) in [6, 6.07) is 7.44. The topological polar surface area (TPSA) is 97.7 Å². The van der Waals surface area contributed by atoms with Crippen molar-refractivity contribution in [2.24, 2.45) is 7.05 Å². The lowest BCUT2D eigenvalue weighted by Gasteiger charge is -2.16. The Morgan fingerprint density at radius 3 is 2.87 bits per heavy atom. The number of thiophene rings is 1. The maximum atomic E-state index is 14.2. The van der Waals surface area contributed by atoms with E-state index < -0.39 is 18.8 Å². The van der Waals surface area contributed by atoms with Gasteiger partial charge in [-0.15, -0.1) is 11.3 Å². The SMILES string of the molecule is C=CC(=O)NCc1cc(-c2nc(-c3cnn(C)c3)c3ccsc3c2-c2ccc(F)cc2OCC(F)F)n[nH]1. The van der Waals surface area contributed by atoms with Gasteiger partial charge in [0, 0.05) is 46.1 Å². The van der Waals surface area contributed by atoms with Gasteiger partial charge in [-0.25, -0.2) is 18.2 Å². The van der Waals surface area contributed by atoms with Gasteiger partial charge in [0.15, 0.2) is 0 Å². The Bertz CT molecular complexity index is 1640. The second-order valence-corrected chi connectivity index (χ2v) is 9.21. The van der Waals surface area contributed by atoms with Crippen molar-refractivity contribution in [3.63, 3.8) is 0 Å². The van der Waals surface area contributed by atoms with Crippen LogP contribution in [0.25, 0.3) is 43.9 Å². The minimum Gasteiger partial charge on any atom is -0.487 e. The van der Waals surface area contributed by atoms with Crippen molar-refractivity contribution in [1.29, 1.82) is 0 Å². The van der Waals surface area contributed by atoms with Crippen molar-refractivity contribution >= 4 is 27.3 Å². The maximum Gasteiger partial charge on any atom is 0.272 e. The van der Waals surface area contributed by atoms with E-state index in [2.05, 4.69) is 27.2 Å². The van der Waals surface area contributed by atoms with Crippen LogP contribution in [0.1, 0.15) is 5.69 Å². The molecule has 0 radical (unpaired) electrons. The van der Waals surface area contributed by atoms with Crippen LogP contribution in [0.5, 0.6) is 5.75 Å². The number of nitrogens with zero attached hydrogens (tertiary/aromatic N) is 4. The van der Waals surface area contributed by atoms with Gasteiger partial charge in [-0.1, -0.05) is 6.58 Å². The van der Waals surface area contributed by atoms with Crippen molar-refractivity contribution < 1.29 is 22.7 Å². The third-order valence-electron chi connectivity index (χ3n) is 5.68. The lowest BCUT2D eigenvalue weighted by Crippen LogP contribution is -2.20. The van der Waals surface area contributed by atoms with Crippen LogP contribution in [0.4, 0.5) is 13.2 Å². The van der Waals surface area contributed by atoms with E-state index in [0.717, 1.165) is 27.8 Å². The summed E-state index contributed by atoms with van der Waals surface area (Å²) >= 11 is 1.42. The molecule has 0 aliphatic heterocycles. The van der Waals surface area contributed by atoms with Gasteiger partial charge in [-0.3, -0.25) is 14.6 Å². The summed E-state index contributed by atoms with van der Waals surface area (Å²) in [6.45, 7) is 2.71. The van der Waals surface area contributed by atoms with Crippen LogP contribution in [-0.2, 0) is 18.4 Å². The van der Waals surface area contributed by atoms with Gasteiger partial charge in [0.05, 0.1) is 24.1 Å². The second kappa shape index (κ2) is 10.5. The number of halogens is 3. The average Bonchev–Trinajstić information content (AvgIpc) is 3.66. The number of benzene rings is 1. The number of aromatic nitrogens is 5. The fraction of sp³-hybridized carbons (Fsp3) is 0.154. The first-order valence-electron chi connectivity index (χ1n) is 11.4. The molecule has 0 atom stereocenters. The molecule has 1 amide bonds. The molecule has 0 fully saturated rings. The molecule has 5 aromatic rings. The number of amides is 1. The van der Waals surface area contributed by atoms with Crippen LogP contribution in [0.15, 0.2) is 60.8 Å². The number of pyridine rings is 1. The number of nitrogens with one attached hydrogen (secondary N) is 2. The largest absolute Gasteiger partial charge is 0.487 e. The first-order chi connectivity index (χ1) is 18.3. The van der Waals surface area contributed by atoms with E-state index in [-0.39, 0.29) is 18.2 Å². The Hall–Kier alpha value is -4.45. The van der Waals surface area contributed by atoms with Crippen molar-refractivity contribution in [2.45, 2.75) is 13.0 Å². The molecule has 194 valence electrons. The summed E-state index contributed by atoms with van der Waals surface area (Å²) in [4.78, 5) is 16.6. The standard InChI is InChI=1S/C26H21F3N6O2S/c1-3-22(36)30-11-16-9-19(34-33-16)25-23(17-5-4-15(27)8-20(17)37-13-21(28)29)26-18(6-7-38-26)24(32-25)14-10-31-35(2)12-14/h3-10,12,21H,1,11,13H2,2H3,(H,30,36)(H,33,34). The number of carbonyl (C=O) groups is 1. The summed E-state index contributed by atoms with van der Waals surface area (Å²) in [5.41, 5.74) is 3.83. The van der Waals surface area contributed by atoms with Gasteiger partial charge in [0.2, 0.25) is 5.91 Å². The van der Waals surface area contributed by atoms with Crippen LogP contribution in [-0.4, -0.2) is 43.9 Å². The van der Waals surface area contributed by atoms with E-state index >= 15 is 0 Å². The van der Waals surface area contributed by atoms with E-state index in [1.165, 1.54) is 23.5 Å². The van der Waals surface area contributed by atoms with Crippen LogP contribution in [0.2, 0.25) is 0 Å². The predicted molar refractivity (Wildman–Crippen MR) is 138 cm³/mol. The van der Waals surface area contributed by atoms with E-state index in [9.17, 15) is 18.0 Å². The summed E-state index contributed by atoms with van der Waals surface area (Å²) < 4.78 is 48.0. The van der Waals surface area contributed by atoms with Gasteiger partial charge in [-0.05, 0) is 35.7 Å². The van der Waals surface area contributed by atoms with Crippen LogP contribution in [0.3, 0.4) is 0 Å². The molecule has 12 heteroatoms. The van der Waals surface area contributed by atoms with Gasteiger partial charge in [0.1, 0.15) is 29.6 Å². The molecule has 2 N–H and O–H groups in total. The lowest BCUT2D eigenvalue weighted by molar-refractivity contribution is -0.116. The monoisotopic (exact) mass is 538 g/mol. The highest BCUT2D eigenvalue weighted by atomic mass is 32.1. The first-order valence-corrected chi connectivity index (χ1v) is 12.3. The molecule has 0 spiro atoms. The molecule has 0 bridgehead atoms. The van der Waals surface area contributed by atoms with Gasteiger partial charge < -0.3 is 10.1 Å². The lowest BCUT2D eigenvalue weighted by atomic mass is 9.97. The molecule has 4 heterocycles. The number of hydrogen-bond acceptors (Lipinski definition) is 6. The number of ether oxygens (including phenoxy) is 1. The minimum atomic E-state index is -2.74. The molecule has 0 saturated heterocycles. The summed E-state index contributed by atoms with van der Waals surface area (Å²) in [5.74, 6) is -1.00. The molecular weight excluding hydrogens is 517 g/mol. The number of H-pyrrole nitrogens is 1. The summed E-state index contributed by atoms with van der Waals surface area (Å²) in [7, 11) is 1.80. The highest BCUT2D eigenvalue weighted by Gasteiger charge is 2.24. The number of carbonyl (C=O) groups excluding carboxylic acids is 1. The van der Waals surface area contributed by atoms with Gasteiger partial charge >= 0.3 is 0 Å². The van der Waals surface area contributed by atoms with Crippen LogP contribution >= 0.6 is 11.3 Å². The smallest absolute Gasteiger partial charge is 0.272 e. The maximum absolute atomic E-state index is 14.2. The number of aromatic amines is 1. The summed E-state index contributed by atoms with van der Waals surface area (Å²) in [6.07, 6.45) is 1.95. The zero-order valence-electron chi connectivity index (χ0n) is 20.0. The minimum absolute atomic E-state index is 0.0359. The number of alkyl halides is 2. The molecule has 1 aromatic carbocycles. The fourth-order valence-electron chi connectivity index (χ4n) is 4.03.